The van der Waals surface area contributed by atoms with Crippen LogP contribution in [0.3, 0.4) is 0 Å². The van der Waals surface area contributed by atoms with Crippen molar-refractivity contribution in [1.29, 1.82) is 0 Å². The summed E-state index contributed by atoms with van der Waals surface area (Å²) in [6.45, 7) is 3.55. The minimum Gasteiger partial charge on any atom is -0.367 e. The van der Waals surface area contributed by atoms with Crippen molar-refractivity contribution in [2.75, 3.05) is 11.9 Å². The van der Waals surface area contributed by atoms with Crippen molar-refractivity contribution in [3.8, 4) is 0 Å². The molecule has 1 amide bonds. The Bertz CT molecular complexity index is 297. The summed E-state index contributed by atoms with van der Waals surface area (Å²) in [4.78, 5) is 16.6. The van der Waals surface area contributed by atoms with E-state index in [1.807, 2.05) is 6.92 Å². The summed E-state index contributed by atoms with van der Waals surface area (Å²) in [5.74, 6) is 0.620. The minimum absolute atomic E-state index is 0. The SMILES string of the molecule is CCc1[c-]cc(N(C)C(C)=O)nc1.[Y]. The average molecular weight is 266 g/mol. The molecule has 0 aliphatic carbocycles. The second kappa shape index (κ2) is 6.25. The summed E-state index contributed by atoms with van der Waals surface area (Å²) in [6, 6.07) is 4.80. The van der Waals surface area contributed by atoms with Gasteiger partial charge in [-0.2, -0.15) is 6.07 Å². The van der Waals surface area contributed by atoms with E-state index >= 15 is 0 Å². The number of amides is 1. The van der Waals surface area contributed by atoms with E-state index in [4.69, 9.17) is 0 Å². The van der Waals surface area contributed by atoms with Crippen molar-refractivity contribution >= 4 is 11.7 Å². The van der Waals surface area contributed by atoms with E-state index in [2.05, 4.69) is 11.1 Å². The summed E-state index contributed by atoms with van der Waals surface area (Å²) >= 11 is 0. The number of anilines is 1. The molecule has 0 saturated heterocycles. The van der Waals surface area contributed by atoms with Gasteiger partial charge in [0.1, 0.15) is 0 Å². The number of aryl methyl sites for hydroxylation is 1. The van der Waals surface area contributed by atoms with Crippen LogP contribution in [-0.4, -0.2) is 17.9 Å². The number of rotatable bonds is 2. The molecule has 4 heteroatoms. The molecule has 0 aromatic carbocycles. The zero-order valence-corrected chi connectivity index (χ0v) is 11.6. The number of carbonyl (C=O) groups excluding carboxylic acids is 1. The Morgan fingerprint density at radius 2 is 2.29 bits per heavy atom. The molecular formula is C10H13N2OY-. The van der Waals surface area contributed by atoms with Crippen LogP contribution in [0.15, 0.2) is 12.3 Å². The third-order valence-corrected chi connectivity index (χ3v) is 1.94. The van der Waals surface area contributed by atoms with Gasteiger partial charge in [0.05, 0.1) is 0 Å². The summed E-state index contributed by atoms with van der Waals surface area (Å²) in [7, 11) is 1.70. The van der Waals surface area contributed by atoms with Crippen LogP contribution in [0, 0.1) is 6.07 Å². The quantitative estimate of drug-likeness (QED) is 0.758. The number of aromatic nitrogens is 1. The summed E-state index contributed by atoms with van der Waals surface area (Å²) < 4.78 is 0. The van der Waals surface area contributed by atoms with Gasteiger partial charge in [-0.3, -0.25) is 4.79 Å². The van der Waals surface area contributed by atoms with Gasteiger partial charge >= 0.3 is 0 Å². The van der Waals surface area contributed by atoms with Gasteiger partial charge < -0.3 is 9.88 Å². The van der Waals surface area contributed by atoms with Crippen LogP contribution in [0.25, 0.3) is 0 Å². The molecule has 1 heterocycles. The molecule has 0 spiro atoms. The second-order valence-corrected chi connectivity index (χ2v) is 2.86. The van der Waals surface area contributed by atoms with Crippen molar-refractivity contribution in [1.82, 2.24) is 4.98 Å². The van der Waals surface area contributed by atoms with Crippen LogP contribution in [0.1, 0.15) is 19.4 Å². The molecule has 0 bridgehead atoms. The third-order valence-electron chi connectivity index (χ3n) is 1.94. The summed E-state index contributed by atoms with van der Waals surface area (Å²) in [6.07, 6.45) is 2.66. The van der Waals surface area contributed by atoms with E-state index in [1.165, 1.54) is 11.8 Å². The maximum Gasteiger partial charge on any atom is 0.213 e. The smallest absolute Gasteiger partial charge is 0.213 e. The largest absolute Gasteiger partial charge is 0.367 e. The average Bonchev–Trinajstić information content (AvgIpc) is 2.17. The number of carbonyl (C=O) groups is 1. The molecule has 0 unspecified atom stereocenters. The molecule has 0 fully saturated rings. The molecular weight excluding hydrogens is 253 g/mol. The normalized spacial score (nSPS) is 9.07. The van der Waals surface area contributed by atoms with E-state index in [1.54, 1.807) is 19.3 Å². The Labute approximate surface area is 110 Å². The molecule has 1 radical (unpaired) electrons. The molecule has 0 N–H and O–H groups in total. The maximum absolute atomic E-state index is 11.0. The van der Waals surface area contributed by atoms with Gasteiger partial charge in [-0.25, -0.2) is 0 Å². The predicted octanol–water partition coefficient (Wildman–Crippen LogP) is 1.42. The van der Waals surface area contributed by atoms with Crippen molar-refractivity contribution in [2.24, 2.45) is 0 Å². The van der Waals surface area contributed by atoms with E-state index in [0.717, 1.165) is 12.0 Å². The van der Waals surface area contributed by atoms with Crippen LogP contribution in [-0.2, 0) is 43.9 Å². The van der Waals surface area contributed by atoms with Crippen molar-refractivity contribution in [3.05, 3.63) is 23.9 Å². The predicted molar refractivity (Wildman–Crippen MR) is 51.5 cm³/mol. The van der Waals surface area contributed by atoms with Gasteiger partial charge in [-0.05, 0) is 0 Å². The fraction of sp³-hybridized carbons (Fsp3) is 0.400. The standard InChI is InChI=1S/C10H13N2O.Y/c1-4-9-5-6-10(11-7-9)12(3)8(2)13;/h6-7H,4H2,1-3H3;/q-1;. The van der Waals surface area contributed by atoms with E-state index < -0.39 is 0 Å². The fourth-order valence-electron chi connectivity index (χ4n) is 0.914. The maximum atomic E-state index is 11.0. The molecule has 0 aliphatic heterocycles. The van der Waals surface area contributed by atoms with Gasteiger partial charge in [0, 0.05) is 52.5 Å². The molecule has 3 nitrogen and oxygen atoms in total. The molecule has 1 aromatic rings. The molecule has 0 aliphatic rings. The molecule has 0 saturated carbocycles. The minimum atomic E-state index is -0.0230. The van der Waals surface area contributed by atoms with Gasteiger partial charge in [-0.1, -0.05) is 19.5 Å². The molecule has 1 rings (SSSR count). The number of pyridine rings is 1. The van der Waals surface area contributed by atoms with Crippen LogP contribution in [0.2, 0.25) is 0 Å². The number of hydrogen-bond acceptors (Lipinski definition) is 2. The monoisotopic (exact) mass is 266 g/mol. The van der Waals surface area contributed by atoms with Crippen molar-refractivity contribution < 1.29 is 37.5 Å². The number of hydrogen-bond donors (Lipinski definition) is 0. The first-order chi connectivity index (χ1) is 6.15. The van der Waals surface area contributed by atoms with Crippen LogP contribution < -0.4 is 4.90 Å². The van der Waals surface area contributed by atoms with Crippen molar-refractivity contribution in [2.45, 2.75) is 20.3 Å². The Kier molecular flexibility index (Phi) is 6.13. The summed E-state index contributed by atoms with van der Waals surface area (Å²) in [5, 5.41) is 0. The Hall–Kier alpha value is -0.276. The zero-order valence-electron chi connectivity index (χ0n) is 8.74. The second-order valence-electron chi connectivity index (χ2n) is 2.86. The van der Waals surface area contributed by atoms with E-state index in [9.17, 15) is 4.79 Å². The zero-order chi connectivity index (χ0) is 9.84. The first kappa shape index (κ1) is 13.7. The molecule has 0 atom stereocenters. The van der Waals surface area contributed by atoms with Gasteiger partial charge in [0.2, 0.25) is 5.91 Å². The first-order valence-corrected chi connectivity index (χ1v) is 4.26. The molecule has 1 aromatic heterocycles. The van der Waals surface area contributed by atoms with Crippen molar-refractivity contribution in [3.63, 3.8) is 0 Å². The number of nitrogens with zero attached hydrogens (tertiary/aromatic N) is 2. The summed E-state index contributed by atoms with van der Waals surface area (Å²) in [5.41, 5.74) is 1.06. The Balaban J connectivity index is 0.00000169. The fourth-order valence-corrected chi connectivity index (χ4v) is 0.914. The molecule has 14 heavy (non-hydrogen) atoms. The van der Waals surface area contributed by atoms with Gasteiger partial charge in [0.15, 0.2) is 0 Å². The first-order valence-electron chi connectivity index (χ1n) is 4.26. The Morgan fingerprint density at radius 1 is 1.64 bits per heavy atom. The Morgan fingerprint density at radius 3 is 2.64 bits per heavy atom. The van der Waals surface area contributed by atoms with Crippen LogP contribution >= 0.6 is 0 Å². The topological polar surface area (TPSA) is 33.2 Å². The van der Waals surface area contributed by atoms with E-state index in [-0.39, 0.29) is 38.6 Å². The van der Waals surface area contributed by atoms with Gasteiger partial charge in [-0.15, -0.1) is 11.6 Å². The third kappa shape index (κ3) is 3.47. The van der Waals surface area contributed by atoms with Crippen LogP contribution in [0.4, 0.5) is 5.82 Å². The molecule has 73 valence electrons. The van der Waals surface area contributed by atoms with E-state index in [0.29, 0.717) is 5.82 Å². The van der Waals surface area contributed by atoms with Gasteiger partial charge in [0.25, 0.3) is 0 Å². The van der Waals surface area contributed by atoms with Crippen LogP contribution in [0.5, 0.6) is 0 Å².